The van der Waals surface area contributed by atoms with Crippen molar-refractivity contribution >= 4 is 17.4 Å². The molecule has 0 aromatic carbocycles. The molecule has 4 nitrogen and oxygen atoms in total. The Bertz CT molecular complexity index is 437. The Labute approximate surface area is 114 Å². The Morgan fingerprint density at radius 3 is 2.50 bits per heavy atom. The monoisotopic (exact) mass is 266 g/mol. The average Bonchev–Trinajstić information content (AvgIpc) is 2.30. The molecule has 1 heterocycles. The van der Waals surface area contributed by atoms with Crippen molar-refractivity contribution in [2.75, 3.05) is 32.1 Å². The fourth-order valence-electron chi connectivity index (χ4n) is 1.62. The molecule has 0 saturated heterocycles. The lowest BCUT2D eigenvalue weighted by Crippen LogP contribution is -2.37. The Morgan fingerprint density at radius 1 is 1.33 bits per heavy atom. The number of pyridine rings is 1. The zero-order valence-electron chi connectivity index (χ0n) is 11.3. The maximum absolute atomic E-state index is 8.96. The van der Waals surface area contributed by atoms with Crippen molar-refractivity contribution in [1.82, 2.24) is 9.88 Å². The van der Waals surface area contributed by atoms with Gasteiger partial charge in [-0.25, -0.2) is 4.98 Å². The standard InChI is InChI=1S/C13H19ClN4/c1-10(2)18(8-7-17(3)4)13-6-5-11(14)12(9-15)16-13/h5-6,10H,7-8H2,1-4H3. The van der Waals surface area contributed by atoms with Gasteiger partial charge >= 0.3 is 0 Å². The lowest BCUT2D eigenvalue weighted by molar-refractivity contribution is 0.407. The van der Waals surface area contributed by atoms with E-state index in [1.807, 2.05) is 26.2 Å². The highest BCUT2D eigenvalue weighted by atomic mass is 35.5. The molecule has 0 bridgehead atoms. The number of halogens is 1. The fraction of sp³-hybridized carbons (Fsp3) is 0.538. The summed E-state index contributed by atoms with van der Waals surface area (Å²) in [6, 6.07) is 5.93. The molecule has 0 saturated carbocycles. The van der Waals surface area contributed by atoms with Gasteiger partial charge in [0.05, 0.1) is 5.02 Å². The summed E-state index contributed by atoms with van der Waals surface area (Å²) in [4.78, 5) is 8.59. The third-order valence-electron chi connectivity index (χ3n) is 2.64. The van der Waals surface area contributed by atoms with E-state index < -0.39 is 0 Å². The zero-order chi connectivity index (χ0) is 13.7. The number of hydrogen-bond acceptors (Lipinski definition) is 4. The Balaban J connectivity index is 2.96. The van der Waals surface area contributed by atoms with Gasteiger partial charge in [0.1, 0.15) is 11.9 Å². The number of likely N-dealkylation sites (N-methyl/N-ethyl adjacent to an activating group) is 1. The smallest absolute Gasteiger partial charge is 0.161 e. The molecule has 1 aromatic rings. The highest BCUT2D eigenvalue weighted by Gasteiger charge is 2.13. The number of anilines is 1. The van der Waals surface area contributed by atoms with Gasteiger partial charge in [0.15, 0.2) is 5.69 Å². The number of nitrogens with zero attached hydrogens (tertiary/aromatic N) is 4. The molecule has 0 radical (unpaired) electrons. The number of hydrogen-bond donors (Lipinski definition) is 0. The molecule has 0 fully saturated rings. The Hall–Kier alpha value is -1.31. The second kappa shape index (κ2) is 6.58. The van der Waals surface area contributed by atoms with Crippen LogP contribution in [0.1, 0.15) is 19.5 Å². The van der Waals surface area contributed by atoms with E-state index in [0.29, 0.717) is 11.1 Å². The van der Waals surface area contributed by atoms with E-state index in [4.69, 9.17) is 16.9 Å². The zero-order valence-corrected chi connectivity index (χ0v) is 12.1. The van der Waals surface area contributed by atoms with Gasteiger partial charge in [0.25, 0.3) is 0 Å². The van der Waals surface area contributed by atoms with Crippen molar-refractivity contribution < 1.29 is 0 Å². The van der Waals surface area contributed by atoms with Crippen LogP contribution >= 0.6 is 11.6 Å². The lowest BCUT2D eigenvalue weighted by Gasteiger charge is -2.29. The van der Waals surface area contributed by atoms with Crippen LogP contribution in [0.4, 0.5) is 5.82 Å². The third-order valence-corrected chi connectivity index (χ3v) is 2.95. The maximum atomic E-state index is 8.96. The van der Waals surface area contributed by atoms with Gasteiger partial charge in [-0.15, -0.1) is 0 Å². The van der Waals surface area contributed by atoms with Crippen LogP contribution in [-0.4, -0.2) is 43.1 Å². The van der Waals surface area contributed by atoms with Crippen molar-refractivity contribution in [3.05, 3.63) is 22.8 Å². The molecule has 0 spiro atoms. The molecule has 0 aliphatic carbocycles. The number of rotatable bonds is 5. The van der Waals surface area contributed by atoms with Crippen LogP contribution in [-0.2, 0) is 0 Å². The molecule has 0 atom stereocenters. The molecule has 5 heteroatoms. The summed E-state index contributed by atoms with van der Waals surface area (Å²) in [5.74, 6) is 0.799. The Kier molecular flexibility index (Phi) is 5.39. The minimum Gasteiger partial charge on any atom is -0.353 e. The first-order valence-corrected chi connectivity index (χ1v) is 6.31. The molecule has 0 aliphatic rings. The second-order valence-electron chi connectivity index (χ2n) is 4.70. The van der Waals surface area contributed by atoms with Gasteiger partial charge in [0.2, 0.25) is 0 Å². The van der Waals surface area contributed by atoms with Crippen LogP contribution in [0.25, 0.3) is 0 Å². The van der Waals surface area contributed by atoms with Crippen molar-refractivity contribution in [3.63, 3.8) is 0 Å². The average molecular weight is 267 g/mol. The van der Waals surface area contributed by atoms with E-state index in [-0.39, 0.29) is 5.69 Å². The molecule has 0 N–H and O–H groups in total. The predicted molar refractivity (Wildman–Crippen MR) is 75.0 cm³/mol. The maximum Gasteiger partial charge on any atom is 0.161 e. The summed E-state index contributed by atoms with van der Waals surface area (Å²) in [6.07, 6.45) is 0. The van der Waals surface area contributed by atoms with Crippen LogP contribution in [0.2, 0.25) is 5.02 Å². The second-order valence-corrected chi connectivity index (χ2v) is 5.11. The van der Waals surface area contributed by atoms with Crippen molar-refractivity contribution in [2.24, 2.45) is 0 Å². The van der Waals surface area contributed by atoms with Crippen LogP contribution in [0.3, 0.4) is 0 Å². The molecule has 18 heavy (non-hydrogen) atoms. The molecular weight excluding hydrogens is 248 g/mol. The summed E-state index contributed by atoms with van der Waals surface area (Å²) in [7, 11) is 4.07. The number of nitriles is 1. The summed E-state index contributed by atoms with van der Waals surface area (Å²) in [5, 5.41) is 9.36. The molecule has 1 rings (SSSR count). The highest BCUT2D eigenvalue weighted by Crippen LogP contribution is 2.20. The van der Waals surface area contributed by atoms with Crippen molar-refractivity contribution in [3.8, 4) is 6.07 Å². The SMILES string of the molecule is CC(C)N(CCN(C)C)c1ccc(Cl)c(C#N)n1. The minimum absolute atomic E-state index is 0.282. The van der Waals surface area contributed by atoms with E-state index in [1.54, 1.807) is 6.07 Å². The summed E-state index contributed by atoms with van der Waals surface area (Å²) in [5.41, 5.74) is 0.282. The number of aromatic nitrogens is 1. The minimum atomic E-state index is 0.282. The summed E-state index contributed by atoms with van der Waals surface area (Å²) >= 11 is 5.90. The normalized spacial score (nSPS) is 10.8. The van der Waals surface area contributed by atoms with E-state index in [1.165, 1.54) is 0 Å². The largest absolute Gasteiger partial charge is 0.353 e. The molecule has 1 aromatic heterocycles. The van der Waals surface area contributed by atoms with Gasteiger partial charge in [-0.1, -0.05) is 11.6 Å². The van der Waals surface area contributed by atoms with Gasteiger partial charge in [-0.05, 0) is 40.1 Å². The van der Waals surface area contributed by atoms with E-state index in [0.717, 1.165) is 18.9 Å². The highest BCUT2D eigenvalue weighted by molar-refractivity contribution is 6.31. The third kappa shape index (κ3) is 3.86. The first-order chi connectivity index (χ1) is 8.45. The first kappa shape index (κ1) is 14.7. The quantitative estimate of drug-likeness (QED) is 0.821. The van der Waals surface area contributed by atoms with Gasteiger partial charge in [-0.2, -0.15) is 5.26 Å². The fourth-order valence-corrected chi connectivity index (χ4v) is 1.76. The van der Waals surface area contributed by atoms with Gasteiger partial charge < -0.3 is 9.80 Å². The topological polar surface area (TPSA) is 43.2 Å². The molecule has 0 amide bonds. The molecule has 98 valence electrons. The molecule has 0 unspecified atom stereocenters. The van der Waals surface area contributed by atoms with Crippen LogP contribution in [0.15, 0.2) is 12.1 Å². The van der Waals surface area contributed by atoms with E-state index in [2.05, 4.69) is 28.6 Å². The van der Waals surface area contributed by atoms with Crippen LogP contribution in [0, 0.1) is 11.3 Å². The predicted octanol–water partition coefficient (Wildman–Crippen LogP) is 2.38. The Morgan fingerprint density at radius 2 is 2.00 bits per heavy atom. The lowest BCUT2D eigenvalue weighted by atomic mass is 10.2. The van der Waals surface area contributed by atoms with Crippen LogP contribution < -0.4 is 4.90 Å². The van der Waals surface area contributed by atoms with E-state index >= 15 is 0 Å². The van der Waals surface area contributed by atoms with Gasteiger partial charge in [-0.3, -0.25) is 0 Å². The van der Waals surface area contributed by atoms with Crippen molar-refractivity contribution in [2.45, 2.75) is 19.9 Å². The van der Waals surface area contributed by atoms with Crippen molar-refractivity contribution in [1.29, 1.82) is 5.26 Å². The summed E-state index contributed by atoms with van der Waals surface area (Å²) < 4.78 is 0. The molecule has 0 aliphatic heterocycles. The van der Waals surface area contributed by atoms with E-state index in [9.17, 15) is 0 Å². The first-order valence-electron chi connectivity index (χ1n) is 5.93. The molecular formula is C13H19ClN4. The van der Waals surface area contributed by atoms with Crippen LogP contribution in [0.5, 0.6) is 0 Å². The van der Waals surface area contributed by atoms with Gasteiger partial charge in [0, 0.05) is 19.1 Å². The summed E-state index contributed by atoms with van der Waals surface area (Å²) in [6.45, 7) is 6.02.